The van der Waals surface area contributed by atoms with Crippen molar-refractivity contribution in [3.8, 4) is 44.8 Å². The van der Waals surface area contributed by atoms with E-state index in [4.69, 9.17) is 0 Å². The Kier molecular flexibility index (Phi) is 5.75. The number of benzene rings is 4. The van der Waals surface area contributed by atoms with Crippen molar-refractivity contribution in [3.63, 3.8) is 0 Å². The Morgan fingerprint density at radius 3 is 1.19 bits per heavy atom. The lowest BCUT2D eigenvalue weighted by Gasteiger charge is -2.14. The standard InChI is InChI=1S/C38H24N4/c1-2-8-32-31(7-1)33-13-11-25(27-17-29(23-39-21-27)37-9-3-5-15-41-37)19-35(33)36-20-26(12-14-34(32)36)28-18-30(24-40-22-28)38-10-4-6-16-42-38/h1-24H. The van der Waals surface area contributed by atoms with E-state index >= 15 is 0 Å². The van der Waals surface area contributed by atoms with Gasteiger partial charge in [-0.05, 0) is 92.0 Å². The lowest BCUT2D eigenvalue weighted by atomic mass is 9.90. The fraction of sp³-hybridized carbons (Fsp3) is 0. The van der Waals surface area contributed by atoms with Crippen LogP contribution in [0.4, 0.5) is 0 Å². The van der Waals surface area contributed by atoms with Crippen LogP contribution in [0.1, 0.15) is 0 Å². The predicted molar refractivity (Wildman–Crippen MR) is 172 cm³/mol. The van der Waals surface area contributed by atoms with Crippen molar-refractivity contribution in [1.82, 2.24) is 19.9 Å². The van der Waals surface area contributed by atoms with Crippen LogP contribution in [0.2, 0.25) is 0 Å². The third-order valence-electron chi connectivity index (χ3n) is 7.90. The van der Waals surface area contributed by atoms with Gasteiger partial charge in [-0.1, -0.05) is 60.7 Å². The maximum absolute atomic E-state index is 4.56. The molecule has 4 heterocycles. The highest BCUT2D eigenvalue weighted by atomic mass is 14.7. The van der Waals surface area contributed by atoms with E-state index in [0.717, 1.165) is 44.8 Å². The summed E-state index contributed by atoms with van der Waals surface area (Å²) in [6.45, 7) is 0. The van der Waals surface area contributed by atoms with Crippen LogP contribution >= 0.6 is 0 Å². The van der Waals surface area contributed by atoms with Gasteiger partial charge in [0.1, 0.15) is 0 Å². The summed E-state index contributed by atoms with van der Waals surface area (Å²) < 4.78 is 0. The Morgan fingerprint density at radius 1 is 0.310 bits per heavy atom. The van der Waals surface area contributed by atoms with Crippen molar-refractivity contribution in [2.24, 2.45) is 0 Å². The monoisotopic (exact) mass is 536 g/mol. The number of pyridine rings is 4. The summed E-state index contributed by atoms with van der Waals surface area (Å²) in [5.41, 5.74) is 8.18. The molecule has 0 atom stereocenters. The van der Waals surface area contributed by atoms with E-state index < -0.39 is 0 Å². The summed E-state index contributed by atoms with van der Waals surface area (Å²) in [6, 6.07) is 38.4. The average Bonchev–Trinajstić information content (AvgIpc) is 3.09. The van der Waals surface area contributed by atoms with E-state index in [1.54, 1.807) is 0 Å². The Labute approximate surface area is 243 Å². The van der Waals surface area contributed by atoms with Crippen LogP contribution < -0.4 is 0 Å². The van der Waals surface area contributed by atoms with Gasteiger partial charge in [0.15, 0.2) is 0 Å². The molecule has 42 heavy (non-hydrogen) atoms. The predicted octanol–water partition coefficient (Wildman–Crippen LogP) is 9.39. The highest BCUT2D eigenvalue weighted by Crippen LogP contribution is 2.39. The number of aromatic nitrogens is 4. The molecule has 0 bridgehead atoms. The molecule has 0 aliphatic rings. The minimum Gasteiger partial charge on any atom is -0.263 e. The zero-order chi connectivity index (χ0) is 27.9. The molecule has 4 heteroatoms. The van der Waals surface area contributed by atoms with Crippen molar-refractivity contribution in [2.75, 3.05) is 0 Å². The van der Waals surface area contributed by atoms with Crippen LogP contribution in [0.25, 0.3) is 77.1 Å². The summed E-state index contributed by atoms with van der Waals surface area (Å²) in [5.74, 6) is 0. The summed E-state index contributed by atoms with van der Waals surface area (Å²) in [6.07, 6.45) is 11.2. The second-order valence-corrected chi connectivity index (χ2v) is 10.4. The van der Waals surface area contributed by atoms with Crippen molar-refractivity contribution >= 4 is 32.3 Å². The van der Waals surface area contributed by atoms with E-state index in [-0.39, 0.29) is 0 Å². The maximum Gasteiger partial charge on any atom is 0.0717 e. The minimum atomic E-state index is 0.912. The molecule has 0 aliphatic heterocycles. The van der Waals surface area contributed by atoms with Crippen LogP contribution in [0.15, 0.2) is 146 Å². The first kappa shape index (κ1) is 24.1. The molecular weight excluding hydrogens is 512 g/mol. The van der Waals surface area contributed by atoms with Crippen LogP contribution in [0.3, 0.4) is 0 Å². The molecule has 196 valence electrons. The maximum atomic E-state index is 4.56. The number of hydrogen-bond donors (Lipinski definition) is 0. The van der Waals surface area contributed by atoms with Gasteiger partial charge in [-0.3, -0.25) is 19.9 Å². The number of hydrogen-bond acceptors (Lipinski definition) is 4. The second kappa shape index (κ2) is 10.0. The van der Waals surface area contributed by atoms with Crippen molar-refractivity contribution < 1.29 is 0 Å². The summed E-state index contributed by atoms with van der Waals surface area (Å²) >= 11 is 0. The number of nitrogens with zero attached hydrogens (tertiary/aromatic N) is 4. The Bertz CT molecular complexity index is 2080. The zero-order valence-corrected chi connectivity index (χ0v) is 22.6. The van der Waals surface area contributed by atoms with Crippen molar-refractivity contribution in [1.29, 1.82) is 0 Å². The van der Waals surface area contributed by atoms with E-state index in [1.165, 1.54) is 32.3 Å². The molecule has 4 aromatic carbocycles. The SMILES string of the molecule is c1ccc(-c2cncc(-c3ccc4c5ccccc5c5ccc(-c6cncc(-c7ccccn7)c6)cc5c4c3)c2)nc1. The lowest BCUT2D eigenvalue weighted by molar-refractivity contribution is 1.28. The van der Waals surface area contributed by atoms with Gasteiger partial charge in [-0.25, -0.2) is 0 Å². The molecule has 8 aromatic rings. The fourth-order valence-corrected chi connectivity index (χ4v) is 5.86. The Balaban J connectivity index is 1.33. The van der Waals surface area contributed by atoms with Gasteiger partial charge >= 0.3 is 0 Å². The zero-order valence-electron chi connectivity index (χ0n) is 22.6. The van der Waals surface area contributed by atoms with Gasteiger partial charge in [-0.2, -0.15) is 0 Å². The van der Waals surface area contributed by atoms with E-state index in [0.29, 0.717) is 0 Å². The number of fused-ring (bicyclic) bond motifs is 6. The quantitative estimate of drug-likeness (QED) is 0.210. The van der Waals surface area contributed by atoms with Crippen molar-refractivity contribution in [2.45, 2.75) is 0 Å². The third kappa shape index (κ3) is 4.18. The van der Waals surface area contributed by atoms with Crippen LogP contribution in [-0.4, -0.2) is 19.9 Å². The third-order valence-corrected chi connectivity index (χ3v) is 7.90. The van der Waals surface area contributed by atoms with Gasteiger partial charge in [-0.15, -0.1) is 0 Å². The second-order valence-electron chi connectivity index (χ2n) is 10.4. The van der Waals surface area contributed by atoms with Crippen LogP contribution in [0.5, 0.6) is 0 Å². The molecule has 4 aromatic heterocycles. The molecule has 0 spiro atoms. The molecule has 0 radical (unpaired) electrons. The molecule has 0 unspecified atom stereocenters. The highest BCUT2D eigenvalue weighted by molar-refractivity contribution is 6.26. The Hall–Kier alpha value is -5.74. The first-order chi connectivity index (χ1) is 20.8. The van der Waals surface area contributed by atoms with Crippen LogP contribution in [-0.2, 0) is 0 Å². The molecule has 0 saturated carbocycles. The first-order valence-corrected chi connectivity index (χ1v) is 13.9. The van der Waals surface area contributed by atoms with Crippen molar-refractivity contribution in [3.05, 3.63) is 146 Å². The average molecular weight is 537 g/mol. The number of rotatable bonds is 4. The Morgan fingerprint density at radius 2 is 0.738 bits per heavy atom. The van der Waals surface area contributed by atoms with E-state index in [1.807, 2.05) is 73.6 Å². The smallest absolute Gasteiger partial charge is 0.0717 e. The van der Waals surface area contributed by atoms with E-state index in [9.17, 15) is 0 Å². The molecule has 0 N–H and O–H groups in total. The molecule has 0 aliphatic carbocycles. The van der Waals surface area contributed by atoms with Gasteiger partial charge in [0, 0.05) is 59.4 Å². The molecule has 0 fully saturated rings. The molecular formula is C38H24N4. The molecule has 0 saturated heterocycles. The van der Waals surface area contributed by atoms with Gasteiger partial charge in [0.05, 0.1) is 11.4 Å². The normalized spacial score (nSPS) is 11.3. The molecule has 4 nitrogen and oxygen atoms in total. The lowest BCUT2D eigenvalue weighted by Crippen LogP contribution is -1.89. The first-order valence-electron chi connectivity index (χ1n) is 13.9. The topological polar surface area (TPSA) is 51.6 Å². The molecule has 8 rings (SSSR count). The van der Waals surface area contributed by atoms with Gasteiger partial charge in [0.2, 0.25) is 0 Å². The van der Waals surface area contributed by atoms with E-state index in [2.05, 4.69) is 92.7 Å². The summed E-state index contributed by atoms with van der Waals surface area (Å²) in [4.78, 5) is 18.2. The van der Waals surface area contributed by atoms with Crippen LogP contribution in [0, 0.1) is 0 Å². The van der Waals surface area contributed by atoms with Gasteiger partial charge in [0.25, 0.3) is 0 Å². The largest absolute Gasteiger partial charge is 0.263 e. The summed E-state index contributed by atoms with van der Waals surface area (Å²) in [7, 11) is 0. The molecule has 0 amide bonds. The highest BCUT2D eigenvalue weighted by Gasteiger charge is 2.13. The van der Waals surface area contributed by atoms with Gasteiger partial charge < -0.3 is 0 Å². The summed E-state index contributed by atoms with van der Waals surface area (Å²) in [5, 5.41) is 7.37. The fourth-order valence-electron chi connectivity index (χ4n) is 5.86. The minimum absolute atomic E-state index is 0.912.